The number of hydrogen-bond acceptors (Lipinski definition) is 3. The lowest BCUT2D eigenvalue weighted by atomic mass is 9.75. The molecule has 0 bridgehead atoms. The molecule has 28 heavy (non-hydrogen) atoms. The van der Waals surface area contributed by atoms with Crippen LogP contribution < -0.4 is 10.1 Å². The highest BCUT2D eigenvalue weighted by molar-refractivity contribution is 5.86. The molecule has 0 saturated heterocycles. The maximum absolute atomic E-state index is 5.94. The van der Waals surface area contributed by atoms with Crippen molar-refractivity contribution in [2.24, 2.45) is 5.41 Å². The summed E-state index contributed by atoms with van der Waals surface area (Å²) in [6.45, 7) is 8.50. The topological polar surface area (TPSA) is 49.9 Å². The molecular weight excluding hydrogens is 346 g/mol. The van der Waals surface area contributed by atoms with Crippen LogP contribution >= 0.6 is 0 Å². The van der Waals surface area contributed by atoms with Crippen LogP contribution in [-0.4, -0.2) is 29.2 Å². The van der Waals surface area contributed by atoms with Crippen LogP contribution in [0.4, 0.5) is 0 Å². The van der Waals surface area contributed by atoms with Gasteiger partial charge in [-0.1, -0.05) is 32.0 Å². The lowest BCUT2D eigenvalue weighted by Gasteiger charge is -2.34. The maximum atomic E-state index is 5.94. The summed E-state index contributed by atoms with van der Waals surface area (Å²) in [5, 5.41) is 3.65. The number of nitrogens with zero attached hydrogens (tertiary/aromatic N) is 1. The first-order chi connectivity index (χ1) is 13.5. The Hall–Kier alpha value is -2.33. The van der Waals surface area contributed by atoms with E-state index in [1.807, 2.05) is 0 Å². The van der Waals surface area contributed by atoms with Gasteiger partial charge in [0.1, 0.15) is 12.4 Å². The van der Waals surface area contributed by atoms with E-state index in [2.05, 4.69) is 72.5 Å². The highest BCUT2D eigenvalue weighted by Gasteiger charge is 2.26. The Bertz CT molecular complexity index is 917. The standard InChI is InChI=1S/C24H31N3O/c1-17-21(8-9-22-23(17)27-16-26-22)18-4-6-20(7-5-18)28-15-14-25-19-10-12-24(2,3)13-11-19/h4-9,16,19,25H,10-15H2,1-3H3,(H,26,27). The van der Waals surface area contributed by atoms with Gasteiger partial charge in [0, 0.05) is 12.6 Å². The molecule has 0 atom stereocenters. The number of fused-ring (bicyclic) bond motifs is 1. The minimum absolute atomic E-state index is 0.524. The van der Waals surface area contributed by atoms with Gasteiger partial charge in [0.25, 0.3) is 0 Å². The van der Waals surface area contributed by atoms with Gasteiger partial charge in [0.2, 0.25) is 0 Å². The second-order valence-electron chi connectivity index (χ2n) is 8.80. The third-order valence-electron chi connectivity index (χ3n) is 6.15. The van der Waals surface area contributed by atoms with E-state index in [4.69, 9.17) is 4.74 Å². The first-order valence-corrected chi connectivity index (χ1v) is 10.4. The summed E-state index contributed by atoms with van der Waals surface area (Å²) in [7, 11) is 0. The van der Waals surface area contributed by atoms with Crippen molar-refractivity contribution in [3.63, 3.8) is 0 Å². The van der Waals surface area contributed by atoms with Crippen LogP contribution in [0.1, 0.15) is 45.1 Å². The molecule has 0 radical (unpaired) electrons. The molecule has 4 rings (SSSR count). The number of aryl methyl sites for hydroxylation is 1. The number of hydrogen-bond donors (Lipinski definition) is 2. The number of aromatic amines is 1. The fourth-order valence-corrected chi connectivity index (χ4v) is 4.23. The molecule has 4 nitrogen and oxygen atoms in total. The first kappa shape index (κ1) is 19.0. The molecular formula is C24H31N3O. The third kappa shape index (κ3) is 4.22. The molecule has 0 amide bonds. The Balaban J connectivity index is 1.29. The van der Waals surface area contributed by atoms with Gasteiger partial charge in [0.15, 0.2) is 0 Å². The van der Waals surface area contributed by atoms with Crippen LogP contribution in [0.5, 0.6) is 5.75 Å². The van der Waals surface area contributed by atoms with E-state index in [1.54, 1.807) is 6.33 Å². The molecule has 4 heteroatoms. The molecule has 1 aromatic heterocycles. The molecule has 0 unspecified atom stereocenters. The summed E-state index contributed by atoms with van der Waals surface area (Å²) in [5.41, 5.74) is 6.25. The zero-order valence-corrected chi connectivity index (χ0v) is 17.2. The molecule has 1 saturated carbocycles. The van der Waals surface area contributed by atoms with Gasteiger partial charge in [-0.15, -0.1) is 0 Å². The summed E-state index contributed by atoms with van der Waals surface area (Å²) in [6.07, 6.45) is 6.94. The van der Waals surface area contributed by atoms with Crippen LogP contribution in [0, 0.1) is 12.3 Å². The smallest absolute Gasteiger partial charge is 0.119 e. The Kier molecular flexibility index (Phi) is 5.40. The molecule has 0 aliphatic heterocycles. The van der Waals surface area contributed by atoms with E-state index in [0.717, 1.165) is 23.3 Å². The number of H-pyrrole nitrogens is 1. The van der Waals surface area contributed by atoms with Crippen molar-refractivity contribution in [2.45, 2.75) is 52.5 Å². The predicted octanol–water partition coefficient (Wildman–Crippen LogP) is 5.48. The molecule has 1 heterocycles. The number of imidazole rings is 1. The van der Waals surface area contributed by atoms with Gasteiger partial charge in [0.05, 0.1) is 17.4 Å². The average molecular weight is 378 g/mol. The second kappa shape index (κ2) is 7.96. The molecule has 1 fully saturated rings. The van der Waals surface area contributed by atoms with Crippen molar-refractivity contribution in [1.82, 2.24) is 15.3 Å². The largest absolute Gasteiger partial charge is 0.492 e. The zero-order chi connectivity index (χ0) is 19.6. The number of rotatable bonds is 6. The van der Waals surface area contributed by atoms with Crippen molar-refractivity contribution < 1.29 is 4.74 Å². The maximum Gasteiger partial charge on any atom is 0.119 e. The highest BCUT2D eigenvalue weighted by atomic mass is 16.5. The number of benzene rings is 2. The van der Waals surface area contributed by atoms with Crippen molar-refractivity contribution in [3.8, 4) is 16.9 Å². The van der Waals surface area contributed by atoms with Crippen molar-refractivity contribution in [1.29, 1.82) is 0 Å². The molecule has 2 N–H and O–H groups in total. The molecule has 2 aromatic carbocycles. The molecule has 3 aromatic rings. The van der Waals surface area contributed by atoms with Gasteiger partial charge >= 0.3 is 0 Å². The summed E-state index contributed by atoms with van der Waals surface area (Å²) in [4.78, 5) is 7.60. The zero-order valence-electron chi connectivity index (χ0n) is 17.2. The number of nitrogens with one attached hydrogen (secondary N) is 2. The predicted molar refractivity (Wildman–Crippen MR) is 116 cm³/mol. The number of ether oxygens (including phenoxy) is 1. The Labute approximate surface area is 167 Å². The van der Waals surface area contributed by atoms with Crippen LogP contribution in [0.15, 0.2) is 42.7 Å². The van der Waals surface area contributed by atoms with E-state index in [0.29, 0.717) is 18.1 Å². The molecule has 0 spiro atoms. The quantitative estimate of drug-likeness (QED) is 0.560. The van der Waals surface area contributed by atoms with Crippen LogP contribution in [0.3, 0.4) is 0 Å². The van der Waals surface area contributed by atoms with Gasteiger partial charge in [-0.2, -0.15) is 0 Å². The highest BCUT2D eigenvalue weighted by Crippen LogP contribution is 2.35. The van der Waals surface area contributed by atoms with E-state index in [9.17, 15) is 0 Å². The fourth-order valence-electron chi connectivity index (χ4n) is 4.23. The van der Waals surface area contributed by atoms with E-state index in [-0.39, 0.29) is 0 Å². The Morgan fingerprint density at radius 3 is 2.61 bits per heavy atom. The third-order valence-corrected chi connectivity index (χ3v) is 6.15. The van der Waals surface area contributed by atoms with Gasteiger partial charge in [-0.25, -0.2) is 4.98 Å². The normalized spacial score (nSPS) is 17.1. The minimum atomic E-state index is 0.524. The summed E-state index contributed by atoms with van der Waals surface area (Å²) in [6, 6.07) is 13.3. The fraction of sp³-hybridized carbons (Fsp3) is 0.458. The van der Waals surface area contributed by atoms with Crippen LogP contribution in [-0.2, 0) is 0 Å². The lowest BCUT2D eigenvalue weighted by Crippen LogP contribution is -2.37. The summed E-state index contributed by atoms with van der Waals surface area (Å²) in [5.74, 6) is 0.925. The van der Waals surface area contributed by atoms with E-state index >= 15 is 0 Å². The van der Waals surface area contributed by atoms with Crippen molar-refractivity contribution in [3.05, 3.63) is 48.3 Å². The molecule has 1 aliphatic carbocycles. The summed E-state index contributed by atoms with van der Waals surface area (Å²) < 4.78 is 5.94. The van der Waals surface area contributed by atoms with Crippen LogP contribution in [0.2, 0.25) is 0 Å². The van der Waals surface area contributed by atoms with Gasteiger partial charge in [-0.3, -0.25) is 0 Å². The molecule has 148 valence electrons. The van der Waals surface area contributed by atoms with Crippen molar-refractivity contribution >= 4 is 11.0 Å². The molecule has 1 aliphatic rings. The monoisotopic (exact) mass is 377 g/mol. The SMILES string of the molecule is Cc1c(-c2ccc(OCCNC3CCC(C)(C)CC3)cc2)ccc2[nH]cnc12. The van der Waals surface area contributed by atoms with Crippen molar-refractivity contribution in [2.75, 3.05) is 13.2 Å². The average Bonchev–Trinajstić information content (AvgIpc) is 3.17. The first-order valence-electron chi connectivity index (χ1n) is 10.4. The second-order valence-corrected chi connectivity index (χ2v) is 8.80. The minimum Gasteiger partial charge on any atom is -0.492 e. The Morgan fingerprint density at radius 2 is 1.86 bits per heavy atom. The summed E-state index contributed by atoms with van der Waals surface area (Å²) >= 11 is 0. The lowest BCUT2D eigenvalue weighted by molar-refractivity contribution is 0.200. The number of aromatic nitrogens is 2. The van der Waals surface area contributed by atoms with E-state index in [1.165, 1.54) is 42.4 Å². The van der Waals surface area contributed by atoms with E-state index < -0.39 is 0 Å². The van der Waals surface area contributed by atoms with Gasteiger partial charge in [-0.05, 0) is 72.9 Å². The van der Waals surface area contributed by atoms with Crippen LogP contribution in [0.25, 0.3) is 22.2 Å². The van der Waals surface area contributed by atoms with Gasteiger partial charge < -0.3 is 15.0 Å². The Morgan fingerprint density at radius 1 is 1.11 bits per heavy atom.